The zero-order valence-electron chi connectivity index (χ0n) is 18.2. The van der Waals surface area contributed by atoms with Gasteiger partial charge in [-0.05, 0) is 38.5 Å². The van der Waals surface area contributed by atoms with E-state index in [9.17, 15) is 4.79 Å². The number of nitrogens with zero attached hydrogens (tertiary/aromatic N) is 5. The van der Waals surface area contributed by atoms with Crippen LogP contribution in [0.2, 0.25) is 0 Å². The van der Waals surface area contributed by atoms with Gasteiger partial charge < -0.3 is 19.8 Å². The van der Waals surface area contributed by atoms with Crippen molar-refractivity contribution in [2.45, 2.75) is 39.2 Å². The molecular weight excluding hydrogens is 410 g/mol. The largest absolute Gasteiger partial charge is 0.493 e. The van der Waals surface area contributed by atoms with Gasteiger partial charge in [0.1, 0.15) is 17.7 Å². The van der Waals surface area contributed by atoms with Gasteiger partial charge in [-0.15, -0.1) is 0 Å². The summed E-state index contributed by atoms with van der Waals surface area (Å²) in [5.74, 6) is 2.13. The molecule has 1 aromatic carbocycles. The number of imidazole rings is 1. The second-order valence-electron chi connectivity index (χ2n) is 7.94. The van der Waals surface area contributed by atoms with Crippen LogP contribution in [0.3, 0.4) is 0 Å². The van der Waals surface area contributed by atoms with Crippen LogP contribution in [0.15, 0.2) is 30.9 Å². The van der Waals surface area contributed by atoms with Crippen molar-refractivity contribution in [3.63, 3.8) is 0 Å². The lowest BCUT2D eigenvalue weighted by molar-refractivity contribution is -0.116. The fourth-order valence-corrected chi connectivity index (χ4v) is 4.15. The normalized spacial score (nSPS) is 15.7. The first-order valence-corrected chi connectivity index (χ1v) is 10.3. The van der Waals surface area contributed by atoms with Crippen molar-refractivity contribution in [3.8, 4) is 17.3 Å². The van der Waals surface area contributed by atoms with Gasteiger partial charge in [0.15, 0.2) is 23.0 Å². The van der Waals surface area contributed by atoms with Crippen molar-refractivity contribution in [3.05, 3.63) is 47.7 Å². The summed E-state index contributed by atoms with van der Waals surface area (Å²) in [7, 11) is 1.61. The number of fused-ring (bicyclic) bond motifs is 2. The van der Waals surface area contributed by atoms with Crippen LogP contribution in [-0.4, -0.2) is 48.8 Å². The minimum Gasteiger partial charge on any atom is -0.493 e. The number of aromatic amines is 1. The topological polar surface area (TPSA) is 120 Å². The van der Waals surface area contributed by atoms with Gasteiger partial charge in [-0.2, -0.15) is 9.78 Å². The average Bonchev–Trinajstić information content (AvgIpc) is 3.37. The number of H-pyrrole nitrogens is 1. The molecule has 0 fully saturated rings. The molecule has 32 heavy (non-hydrogen) atoms. The van der Waals surface area contributed by atoms with Crippen molar-refractivity contribution < 1.29 is 14.3 Å². The average molecular weight is 433 g/mol. The molecule has 0 saturated carbocycles. The third-order valence-corrected chi connectivity index (χ3v) is 5.46. The molecule has 5 rings (SSSR count). The van der Waals surface area contributed by atoms with E-state index in [0.717, 1.165) is 16.8 Å². The number of methoxy groups -OCH3 is 1. The molecule has 10 heteroatoms. The summed E-state index contributed by atoms with van der Waals surface area (Å²) in [5, 5.41) is 7.70. The van der Waals surface area contributed by atoms with Crippen LogP contribution < -0.4 is 14.8 Å². The van der Waals surface area contributed by atoms with E-state index in [4.69, 9.17) is 14.6 Å². The highest BCUT2D eigenvalue weighted by Gasteiger charge is 2.34. The number of benzene rings is 1. The molecule has 1 atom stereocenters. The van der Waals surface area contributed by atoms with Gasteiger partial charge >= 0.3 is 0 Å². The minimum absolute atomic E-state index is 0.0107. The Balaban J connectivity index is 1.65. The number of ether oxygens (including phenoxy) is 2. The number of rotatable bonds is 5. The third kappa shape index (κ3) is 3.24. The first-order valence-electron chi connectivity index (χ1n) is 10.3. The molecule has 0 bridgehead atoms. The number of anilines is 1. The van der Waals surface area contributed by atoms with Crippen molar-refractivity contribution in [2.24, 2.45) is 0 Å². The van der Waals surface area contributed by atoms with Crippen molar-refractivity contribution in [1.29, 1.82) is 0 Å². The number of hydrogen-bond acceptors (Lipinski definition) is 7. The van der Waals surface area contributed by atoms with Gasteiger partial charge in [-0.1, -0.05) is 6.07 Å². The van der Waals surface area contributed by atoms with Crippen molar-refractivity contribution in [1.82, 2.24) is 29.7 Å². The Hall–Kier alpha value is -3.95. The molecule has 0 aliphatic carbocycles. The number of amides is 1. The maximum atomic E-state index is 12.7. The fourth-order valence-electron chi connectivity index (χ4n) is 4.15. The van der Waals surface area contributed by atoms with E-state index in [0.29, 0.717) is 40.7 Å². The summed E-state index contributed by atoms with van der Waals surface area (Å²) in [4.78, 5) is 28.5. The summed E-state index contributed by atoms with van der Waals surface area (Å²) in [6.07, 6.45) is 3.28. The molecule has 10 nitrogen and oxygen atoms in total. The molecule has 1 aliphatic rings. The third-order valence-electron chi connectivity index (χ3n) is 5.46. The van der Waals surface area contributed by atoms with Gasteiger partial charge in [0, 0.05) is 17.9 Å². The highest BCUT2D eigenvalue weighted by atomic mass is 16.5. The van der Waals surface area contributed by atoms with Crippen LogP contribution in [0.25, 0.3) is 17.0 Å². The molecule has 0 spiro atoms. The summed E-state index contributed by atoms with van der Waals surface area (Å²) in [6.45, 7) is 5.86. The summed E-state index contributed by atoms with van der Waals surface area (Å²) in [5.41, 5.74) is 3.87. The van der Waals surface area contributed by atoms with Crippen LogP contribution in [0, 0.1) is 6.92 Å². The summed E-state index contributed by atoms with van der Waals surface area (Å²) < 4.78 is 13.1. The van der Waals surface area contributed by atoms with E-state index >= 15 is 0 Å². The Morgan fingerprint density at radius 3 is 2.81 bits per heavy atom. The quantitative estimate of drug-likeness (QED) is 0.496. The molecule has 164 valence electrons. The van der Waals surface area contributed by atoms with Crippen LogP contribution in [0.4, 0.5) is 5.82 Å². The smallest absolute Gasteiger partial charge is 0.226 e. The van der Waals surface area contributed by atoms with E-state index in [1.807, 2.05) is 39.0 Å². The molecule has 2 N–H and O–H groups in total. The highest BCUT2D eigenvalue weighted by molar-refractivity contribution is 5.95. The first kappa shape index (κ1) is 20.0. The maximum Gasteiger partial charge on any atom is 0.226 e. The predicted molar refractivity (Wildman–Crippen MR) is 117 cm³/mol. The maximum absolute atomic E-state index is 12.7. The lowest BCUT2D eigenvalue weighted by Crippen LogP contribution is -2.25. The van der Waals surface area contributed by atoms with E-state index in [1.165, 1.54) is 6.33 Å². The van der Waals surface area contributed by atoms with Gasteiger partial charge in [0.05, 0.1) is 25.2 Å². The van der Waals surface area contributed by atoms with Crippen molar-refractivity contribution >= 4 is 22.9 Å². The monoisotopic (exact) mass is 433 g/mol. The van der Waals surface area contributed by atoms with E-state index in [1.54, 1.807) is 18.1 Å². The fraction of sp³-hybridized carbons (Fsp3) is 0.318. The number of carbonyl (C=O) groups is 1. The molecule has 4 aromatic rings. The lowest BCUT2D eigenvalue weighted by atomic mass is 9.85. The van der Waals surface area contributed by atoms with Crippen LogP contribution in [0.5, 0.6) is 11.5 Å². The Labute approximate surface area is 184 Å². The molecule has 1 aliphatic heterocycles. The Bertz CT molecular complexity index is 1320. The SMILES string of the molecule is COc1ccc(C2CC(=O)Nc3c2c(C)nn3-c2ncnc3nc[nH]c23)cc1OC(C)C. The van der Waals surface area contributed by atoms with Gasteiger partial charge in [-0.3, -0.25) is 4.79 Å². The first-order chi connectivity index (χ1) is 15.5. The molecule has 4 heterocycles. The van der Waals surface area contributed by atoms with E-state index in [-0.39, 0.29) is 17.9 Å². The second-order valence-corrected chi connectivity index (χ2v) is 7.94. The second kappa shape index (κ2) is 7.63. The highest BCUT2D eigenvalue weighted by Crippen LogP contribution is 2.42. The zero-order chi connectivity index (χ0) is 22.4. The number of hydrogen-bond donors (Lipinski definition) is 2. The number of aryl methyl sites for hydroxylation is 1. The number of aromatic nitrogens is 6. The van der Waals surface area contributed by atoms with E-state index < -0.39 is 0 Å². The molecular formula is C22H23N7O3. The number of carbonyl (C=O) groups excluding carboxylic acids is 1. The predicted octanol–water partition coefficient (Wildman–Crippen LogP) is 3.12. The van der Waals surface area contributed by atoms with Crippen molar-refractivity contribution in [2.75, 3.05) is 12.4 Å². The van der Waals surface area contributed by atoms with Gasteiger partial charge in [-0.25, -0.2) is 15.0 Å². The minimum atomic E-state index is -0.188. The number of nitrogens with one attached hydrogen (secondary N) is 2. The standard InChI is InChI=1S/C22H23N7O3/c1-11(2)32-16-7-13(5-6-15(16)31-4)14-8-17(30)27-21-18(14)12(3)28-29(21)22-19-20(24-9-23-19)25-10-26-22/h5-7,9-11,14H,8H2,1-4H3,(H,27,30)(H,23,24,25,26). The Morgan fingerprint density at radius 2 is 2.03 bits per heavy atom. The zero-order valence-corrected chi connectivity index (χ0v) is 18.2. The summed E-state index contributed by atoms with van der Waals surface area (Å²) >= 11 is 0. The molecule has 3 aromatic heterocycles. The Morgan fingerprint density at radius 1 is 1.19 bits per heavy atom. The molecule has 1 unspecified atom stereocenters. The molecule has 0 saturated heterocycles. The molecule has 1 amide bonds. The van der Waals surface area contributed by atoms with Gasteiger partial charge in [0.25, 0.3) is 0 Å². The van der Waals surface area contributed by atoms with Gasteiger partial charge in [0.2, 0.25) is 5.91 Å². The molecule has 0 radical (unpaired) electrons. The van der Waals surface area contributed by atoms with Crippen LogP contribution in [-0.2, 0) is 4.79 Å². The van der Waals surface area contributed by atoms with Crippen LogP contribution >= 0.6 is 0 Å². The van der Waals surface area contributed by atoms with E-state index in [2.05, 4.69) is 25.3 Å². The lowest BCUT2D eigenvalue weighted by Gasteiger charge is -2.25. The van der Waals surface area contributed by atoms with Crippen LogP contribution in [0.1, 0.15) is 43.0 Å². The summed E-state index contributed by atoms with van der Waals surface area (Å²) in [6, 6.07) is 5.78. The Kier molecular flexibility index (Phi) is 4.76.